The summed E-state index contributed by atoms with van der Waals surface area (Å²) in [6.07, 6.45) is 5.54. The molecule has 0 spiro atoms. The number of nitrogens with one attached hydrogen (secondary N) is 1. The SMILES string of the molecule is NCC(NC(=O)c1cncn1-c1ccccc1)C1CC1. The number of nitrogens with zero attached hydrogens (tertiary/aromatic N) is 2. The zero-order valence-electron chi connectivity index (χ0n) is 11.2. The third-order valence-corrected chi connectivity index (χ3v) is 3.67. The van der Waals surface area contributed by atoms with Crippen molar-refractivity contribution in [2.24, 2.45) is 11.7 Å². The molecule has 1 aromatic heterocycles. The van der Waals surface area contributed by atoms with E-state index in [0.29, 0.717) is 18.2 Å². The number of benzene rings is 1. The van der Waals surface area contributed by atoms with Gasteiger partial charge in [-0.3, -0.25) is 9.36 Å². The second-order valence-electron chi connectivity index (χ2n) is 5.14. The van der Waals surface area contributed by atoms with Crippen molar-refractivity contribution in [1.29, 1.82) is 0 Å². The van der Waals surface area contributed by atoms with Crippen molar-refractivity contribution >= 4 is 5.91 Å². The van der Waals surface area contributed by atoms with Gasteiger partial charge in [-0.15, -0.1) is 0 Å². The van der Waals surface area contributed by atoms with Crippen molar-refractivity contribution in [3.63, 3.8) is 0 Å². The molecule has 1 atom stereocenters. The third-order valence-electron chi connectivity index (χ3n) is 3.67. The van der Waals surface area contributed by atoms with E-state index in [-0.39, 0.29) is 11.9 Å². The molecule has 5 heteroatoms. The summed E-state index contributed by atoms with van der Waals surface area (Å²) in [5.74, 6) is 0.422. The second kappa shape index (κ2) is 5.46. The van der Waals surface area contributed by atoms with Gasteiger partial charge in [0.2, 0.25) is 0 Å². The van der Waals surface area contributed by atoms with E-state index >= 15 is 0 Å². The Hall–Kier alpha value is -2.14. The van der Waals surface area contributed by atoms with Crippen LogP contribution in [0.15, 0.2) is 42.9 Å². The number of carbonyl (C=O) groups is 1. The molecule has 2 aromatic rings. The first kappa shape index (κ1) is 12.9. The smallest absolute Gasteiger partial charge is 0.270 e. The Morgan fingerprint density at radius 1 is 1.40 bits per heavy atom. The monoisotopic (exact) mass is 270 g/mol. The van der Waals surface area contributed by atoms with Crippen LogP contribution in [0, 0.1) is 5.92 Å². The predicted octanol–water partition coefficient (Wildman–Crippen LogP) is 1.34. The fourth-order valence-corrected chi connectivity index (χ4v) is 2.37. The number of amides is 1. The van der Waals surface area contributed by atoms with Crippen LogP contribution in [0.25, 0.3) is 5.69 Å². The molecule has 1 aliphatic rings. The number of hydrogen-bond donors (Lipinski definition) is 2. The number of nitrogens with two attached hydrogens (primary N) is 1. The number of para-hydroxylation sites is 1. The highest BCUT2D eigenvalue weighted by molar-refractivity contribution is 5.93. The predicted molar refractivity (Wildman–Crippen MR) is 76.6 cm³/mol. The van der Waals surface area contributed by atoms with Crippen LogP contribution >= 0.6 is 0 Å². The van der Waals surface area contributed by atoms with Gasteiger partial charge < -0.3 is 11.1 Å². The van der Waals surface area contributed by atoms with E-state index in [1.807, 2.05) is 30.3 Å². The van der Waals surface area contributed by atoms with Gasteiger partial charge in [0.05, 0.1) is 12.5 Å². The van der Waals surface area contributed by atoms with Crippen LogP contribution in [-0.2, 0) is 0 Å². The molecule has 0 bridgehead atoms. The first-order chi connectivity index (χ1) is 9.79. The summed E-state index contributed by atoms with van der Waals surface area (Å²) in [4.78, 5) is 16.5. The molecule has 1 amide bonds. The lowest BCUT2D eigenvalue weighted by molar-refractivity contribution is 0.0926. The van der Waals surface area contributed by atoms with Crippen LogP contribution in [-0.4, -0.2) is 28.0 Å². The second-order valence-corrected chi connectivity index (χ2v) is 5.14. The molecule has 5 nitrogen and oxygen atoms in total. The molecular formula is C15H18N4O. The van der Waals surface area contributed by atoms with E-state index in [1.54, 1.807) is 17.1 Å². The van der Waals surface area contributed by atoms with E-state index in [9.17, 15) is 4.79 Å². The van der Waals surface area contributed by atoms with Crippen LogP contribution < -0.4 is 11.1 Å². The van der Waals surface area contributed by atoms with E-state index in [2.05, 4.69) is 10.3 Å². The topological polar surface area (TPSA) is 72.9 Å². The number of rotatable bonds is 5. The van der Waals surface area contributed by atoms with Gasteiger partial charge in [0.15, 0.2) is 0 Å². The zero-order valence-corrected chi connectivity index (χ0v) is 11.2. The average Bonchev–Trinajstić information content (AvgIpc) is 3.21. The molecule has 3 rings (SSSR count). The van der Waals surface area contributed by atoms with Crippen molar-refractivity contribution in [3.05, 3.63) is 48.5 Å². The maximum Gasteiger partial charge on any atom is 0.270 e. The molecule has 0 radical (unpaired) electrons. The van der Waals surface area contributed by atoms with Crippen LogP contribution in [0.2, 0.25) is 0 Å². The van der Waals surface area contributed by atoms with Crippen molar-refractivity contribution < 1.29 is 4.79 Å². The van der Waals surface area contributed by atoms with Crippen molar-refractivity contribution in [2.75, 3.05) is 6.54 Å². The van der Waals surface area contributed by atoms with Crippen LogP contribution in [0.5, 0.6) is 0 Å². The molecule has 3 N–H and O–H groups in total. The Balaban J connectivity index is 1.80. The highest BCUT2D eigenvalue weighted by atomic mass is 16.2. The molecule has 1 aromatic carbocycles. The quantitative estimate of drug-likeness (QED) is 0.861. The fourth-order valence-electron chi connectivity index (χ4n) is 2.37. The van der Waals surface area contributed by atoms with Crippen LogP contribution in [0.3, 0.4) is 0 Å². The van der Waals surface area contributed by atoms with Gasteiger partial charge in [0.1, 0.15) is 5.69 Å². The molecule has 1 fully saturated rings. The Labute approximate surface area is 117 Å². The number of carbonyl (C=O) groups excluding carboxylic acids is 1. The summed E-state index contributed by atoms with van der Waals surface area (Å²) >= 11 is 0. The molecule has 1 aliphatic carbocycles. The van der Waals surface area contributed by atoms with Crippen LogP contribution in [0.4, 0.5) is 0 Å². The van der Waals surface area contributed by atoms with Crippen molar-refractivity contribution in [1.82, 2.24) is 14.9 Å². The lowest BCUT2D eigenvalue weighted by Crippen LogP contribution is -2.42. The standard InChI is InChI=1S/C15H18N4O/c16-8-13(11-6-7-11)18-15(20)14-9-17-10-19(14)12-4-2-1-3-5-12/h1-5,9-11,13H,6-8,16H2,(H,18,20). The van der Waals surface area contributed by atoms with Crippen molar-refractivity contribution in [2.45, 2.75) is 18.9 Å². The lowest BCUT2D eigenvalue weighted by atomic mass is 10.2. The van der Waals surface area contributed by atoms with Gasteiger partial charge >= 0.3 is 0 Å². The normalized spacial score (nSPS) is 15.8. The summed E-state index contributed by atoms with van der Waals surface area (Å²) in [5, 5.41) is 3.02. The maximum atomic E-state index is 12.4. The molecule has 20 heavy (non-hydrogen) atoms. The number of hydrogen-bond acceptors (Lipinski definition) is 3. The minimum atomic E-state index is -0.117. The summed E-state index contributed by atoms with van der Waals surface area (Å²) in [6.45, 7) is 0.482. The maximum absolute atomic E-state index is 12.4. The Morgan fingerprint density at radius 2 is 2.15 bits per heavy atom. The molecule has 0 saturated heterocycles. The molecular weight excluding hydrogens is 252 g/mol. The van der Waals surface area contributed by atoms with Gasteiger partial charge in [-0.2, -0.15) is 0 Å². The minimum Gasteiger partial charge on any atom is -0.346 e. The molecule has 0 aliphatic heterocycles. The van der Waals surface area contributed by atoms with Gasteiger partial charge in [0, 0.05) is 18.3 Å². The molecule has 1 saturated carbocycles. The van der Waals surface area contributed by atoms with E-state index < -0.39 is 0 Å². The number of aromatic nitrogens is 2. The van der Waals surface area contributed by atoms with Gasteiger partial charge in [-0.1, -0.05) is 18.2 Å². The molecule has 1 heterocycles. The minimum absolute atomic E-state index is 0.0709. The molecule has 104 valence electrons. The zero-order chi connectivity index (χ0) is 13.9. The van der Waals surface area contributed by atoms with E-state index in [1.165, 1.54) is 0 Å². The summed E-state index contributed by atoms with van der Waals surface area (Å²) in [6, 6.07) is 9.77. The molecule has 1 unspecified atom stereocenters. The van der Waals surface area contributed by atoms with Gasteiger partial charge in [0.25, 0.3) is 5.91 Å². The van der Waals surface area contributed by atoms with E-state index in [0.717, 1.165) is 18.5 Å². The first-order valence-electron chi connectivity index (χ1n) is 6.88. The van der Waals surface area contributed by atoms with Crippen LogP contribution in [0.1, 0.15) is 23.3 Å². The summed E-state index contributed by atoms with van der Waals surface area (Å²) in [5.41, 5.74) is 7.19. The Morgan fingerprint density at radius 3 is 2.80 bits per heavy atom. The van der Waals surface area contributed by atoms with E-state index in [4.69, 9.17) is 5.73 Å². The third kappa shape index (κ3) is 2.58. The summed E-state index contributed by atoms with van der Waals surface area (Å²) in [7, 11) is 0. The highest BCUT2D eigenvalue weighted by Crippen LogP contribution is 2.32. The fraction of sp³-hybridized carbons (Fsp3) is 0.333. The largest absolute Gasteiger partial charge is 0.346 e. The van der Waals surface area contributed by atoms with Gasteiger partial charge in [-0.25, -0.2) is 4.98 Å². The Bertz CT molecular complexity index is 589. The van der Waals surface area contributed by atoms with Crippen molar-refractivity contribution in [3.8, 4) is 5.69 Å². The average molecular weight is 270 g/mol. The lowest BCUT2D eigenvalue weighted by Gasteiger charge is -2.16. The first-order valence-corrected chi connectivity index (χ1v) is 6.88. The highest BCUT2D eigenvalue weighted by Gasteiger charge is 2.31. The summed E-state index contributed by atoms with van der Waals surface area (Å²) < 4.78 is 1.79. The Kier molecular flexibility index (Phi) is 3.52. The number of imidazole rings is 1. The van der Waals surface area contributed by atoms with Gasteiger partial charge in [-0.05, 0) is 30.9 Å².